The fraction of sp³-hybridized carbons (Fsp3) is 0.667. The van der Waals surface area contributed by atoms with Crippen molar-refractivity contribution in [2.24, 2.45) is 0 Å². The molecule has 1 aromatic carbocycles. The van der Waals surface area contributed by atoms with Crippen LogP contribution in [0.3, 0.4) is 0 Å². The molecule has 0 N–H and O–H groups in total. The van der Waals surface area contributed by atoms with Gasteiger partial charge in [-0.05, 0) is 33.2 Å². The summed E-state index contributed by atoms with van der Waals surface area (Å²) >= 11 is 11.9. The molecular formula is C18H29BBrCl2NO2. The van der Waals surface area contributed by atoms with Crippen LogP contribution in [0.15, 0.2) is 24.3 Å². The maximum atomic E-state index is 6.11. The highest BCUT2D eigenvalue weighted by Gasteiger charge is 2.51. The zero-order valence-corrected chi connectivity index (χ0v) is 18.9. The molecule has 1 aliphatic heterocycles. The van der Waals surface area contributed by atoms with Crippen LogP contribution in [0.5, 0.6) is 0 Å². The van der Waals surface area contributed by atoms with Gasteiger partial charge in [-0.2, -0.15) is 0 Å². The first-order chi connectivity index (χ1) is 11.1. The van der Waals surface area contributed by atoms with Gasteiger partial charge in [-0.1, -0.05) is 24.3 Å². The van der Waals surface area contributed by atoms with E-state index in [0.717, 1.165) is 29.6 Å². The Labute approximate surface area is 173 Å². The SMILES string of the molecule is CC1(C)OB(c2ccc(C[N+](C)(CCCl)CCCl)cc2)OC1(C)C.[Br-]. The fourth-order valence-corrected chi connectivity index (χ4v) is 3.69. The van der Waals surface area contributed by atoms with Gasteiger partial charge in [0.1, 0.15) is 6.54 Å². The number of nitrogens with zero attached hydrogens (tertiary/aromatic N) is 1. The average Bonchev–Trinajstić information content (AvgIpc) is 2.68. The lowest BCUT2D eigenvalue weighted by molar-refractivity contribution is -0.918. The molecule has 1 aromatic rings. The van der Waals surface area contributed by atoms with E-state index in [1.54, 1.807) is 0 Å². The van der Waals surface area contributed by atoms with Gasteiger partial charge in [0.25, 0.3) is 0 Å². The van der Waals surface area contributed by atoms with Gasteiger partial charge in [0.15, 0.2) is 0 Å². The standard InChI is InChI=1S/C18H29BCl2NO2.BrH/c1-17(2)18(3,4)24-19(23-17)16-8-6-15(7-9-16)14-22(5,12-10-20)13-11-21;/h6-9H,10-14H2,1-5H3;1H/q+1;/p-1. The van der Waals surface area contributed by atoms with E-state index in [9.17, 15) is 0 Å². The Morgan fingerprint density at radius 1 is 0.920 bits per heavy atom. The van der Waals surface area contributed by atoms with Gasteiger partial charge >= 0.3 is 7.12 Å². The van der Waals surface area contributed by atoms with Gasteiger partial charge in [0, 0.05) is 5.56 Å². The number of hydrogen-bond donors (Lipinski definition) is 0. The van der Waals surface area contributed by atoms with Crippen molar-refractivity contribution in [1.29, 1.82) is 0 Å². The van der Waals surface area contributed by atoms with Crippen molar-refractivity contribution < 1.29 is 30.8 Å². The Morgan fingerprint density at radius 3 is 1.76 bits per heavy atom. The molecule has 2 rings (SSSR count). The largest absolute Gasteiger partial charge is 1.00 e. The summed E-state index contributed by atoms with van der Waals surface area (Å²) in [6.07, 6.45) is 0. The van der Waals surface area contributed by atoms with Crippen LogP contribution >= 0.6 is 23.2 Å². The highest BCUT2D eigenvalue weighted by molar-refractivity contribution is 6.62. The van der Waals surface area contributed by atoms with Crippen molar-refractivity contribution in [3.63, 3.8) is 0 Å². The Morgan fingerprint density at radius 2 is 1.36 bits per heavy atom. The Bertz CT molecular complexity index is 533. The van der Waals surface area contributed by atoms with Crippen LogP contribution in [-0.2, 0) is 15.9 Å². The summed E-state index contributed by atoms with van der Waals surface area (Å²) in [5.74, 6) is 1.28. The normalized spacial score (nSPS) is 18.9. The van der Waals surface area contributed by atoms with Crippen LogP contribution < -0.4 is 22.4 Å². The third-order valence-electron chi connectivity index (χ3n) is 5.32. The minimum Gasteiger partial charge on any atom is -1.00 e. The lowest BCUT2D eigenvalue weighted by Crippen LogP contribution is -3.00. The first-order valence-electron chi connectivity index (χ1n) is 8.52. The summed E-state index contributed by atoms with van der Waals surface area (Å²) in [5.41, 5.74) is 1.70. The van der Waals surface area contributed by atoms with E-state index in [4.69, 9.17) is 32.5 Å². The zero-order valence-electron chi connectivity index (χ0n) is 15.8. The van der Waals surface area contributed by atoms with Gasteiger partial charge in [0.05, 0.1) is 43.1 Å². The molecule has 1 saturated heterocycles. The monoisotopic (exact) mass is 451 g/mol. The van der Waals surface area contributed by atoms with Crippen molar-refractivity contribution >= 4 is 35.8 Å². The molecule has 25 heavy (non-hydrogen) atoms. The van der Waals surface area contributed by atoms with Crippen LogP contribution in [0.25, 0.3) is 0 Å². The van der Waals surface area contributed by atoms with Crippen LogP contribution in [0, 0.1) is 0 Å². The summed E-state index contributed by atoms with van der Waals surface area (Å²) in [6, 6.07) is 8.51. The second kappa shape index (κ2) is 8.94. The van der Waals surface area contributed by atoms with E-state index in [-0.39, 0.29) is 35.3 Å². The molecule has 3 nitrogen and oxygen atoms in total. The summed E-state index contributed by atoms with van der Waals surface area (Å²) in [5, 5.41) is 0. The molecule has 0 amide bonds. The van der Waals surface area contributed by atoms with Crippen molar-refractivity contribution in [1.82, 2.24) is 0 Å². The topological polar surface area (TPSA) is 18.5 Å². The van der Waals surface area contributed by atoms with Gasteiger partial charge in [-0.25, -0.2) is 0 Å². The van der Waals surface area contributed by atoms with E-state index in [2.05, 4.69) is 59.0 Å². The van der Waals surface area contributed by atoms with Gasteiger partial charge < -0.3 is 30.8 Å². The molecule has 0 aromatic heterocycles. The molecule has 1 aliphatic rings. The van der Waals surface area contributed by atoms with Crippen molar-refractivity contribution in [3.8, 4) is 0 Å². The molecule has 0 radical (unpaired) electrons. The number of rotatable bonds is 7. The third-order valence-corrected chi connectivity index (χ3v) is 5.66. The molecule has 1 fully saturated rings. The number of quaternary nitrogens is 1. The Hall–Kier alpha value is 0.225. The summed E-state index contributed by atoms with van der Waals surface area (Å²) in [7, 11) is 1.89. The Kier molecular flexibility index (Phi) is 8.32. The van der Waals surface area contributed by atoms with E-state index >= 15 is 0 Å². The van der Waals surface area contributed by atoms with E-state index < -0.39 is 0 Å². The highest BCUT2D eigenvalue weighted by atomic mass is 79.9. The van der Waals surface area contributed by atoms with Crippen LogP contribution in [0.4, 0.5) is 0 Å². The first-order valence-corrected chi connectivity index (χ1v) is 9.59. The Balaban J connectivity index is 0.00000312. The molecular weight excluding hydrogens is 424 g/mol. The first kappa shape index (κ1) is 23.3. The highest BCUT2D eigenvalue weighted by Crippen LogP contribution is 2.36. The minimum absolute atomic E-state index is 0. The van der Waals surface area contributed by atoms with Crippen LogP contribution in [0.2, 0.25) is 0 Å². The maximum absolute atomic E-state index is 6.11. The lowest BCUT2D eigenvalue weighted by atomic mass is 9.79. The van der Waals surface area contributed by atoms with Crippen molar-refractivity contribution in [3.05, 3.63) is 29.8 Å². The molecule has 0 atom stereocenters. The molecule has 7 heteroatoms. The second-order valence-electron chi connectivity index (χ2n) is 7.93. The van der Waals surface area contributed by atoms with Crippen molar-refractivity contribution in [2.75, 3.05) is 31.9 Å². The number of benzene rings is 1. The molecule has 142 valence electrons. The molecule has 0 saturated carbocycles. The summed E-state index contributed by atoms with van der Waals surface area (Å²) < 4.78 is 13.1. The predicted octanol–water partition coefficient (Wildman–Crippen LogP) is 0.414. The van der Waals surface area contributed by atoms with E-state index in [0.29, 0.717) is 11.8 Å². The zero-order chi connectivity index (χ0) is 18.0. The van der Waals surface area contributed by atoms with Crippen molar-refractivity contribution in [2.45, 2.75) is 45.4 Å². The smallest absolute Gasteiger partial charge is 0.494 e. The molecule has 1 heterocycles. The molecule has 0 bridgehead atoms. The quantitative estimate of drug-likeness (QED) is 0.339. The molecule has 0 aliphatic carbocycles. The minimum atomic E-state index is -0.313. The summed E-state index contributed by atoms with van der Waals surface area (Å²) in [4.78, 5) is 0. The fourth-order valence-electron chi connectivity index (χ4n) is 2.88. The molecule has 0 spiro atoms. The number of alkyl halides is 2. The van der Waals surface area contributed by atoms with Gasteiger partial charge in [0.2, 0.25) is 0 Å². The van der Waals surface area contributed by atoms with Gasteiger partial charge in [-0.3, -0.25) is 0 Å². The molecule has 0 unspecified atom stereocenters. The maximum Gasteiger partial charge on any atom is 0.494 e. The lowest BCUT2D eigenvalue weighted by Gasteiger charge is -2.33. The van der Waals surface area contributed by atoms with E-state index in [1.807, 2.05) is 0 Å². The third kappa shape index (κ3) is 5.60. The van der Waals surface area contributed by atoms with Crippen LogP contribution in [-0.4, -0.2) is 54.7 Å². The van der Waals surface area contributed by atoms with E-state index in [1.165, 1.54) is 5.56 Å². The number of hydrogen-bond acceptors (Lipinski definition) is 2. The predicted molar refractivity (Wildman–Crippen MR) is 103 cm³/mol. The van der Waals surface area contributed by atoms with Crippen LogP contribution in [0.1, 0.15) is 33.3 Å². The second-order valence-corrected chi connectivity index (χ2v) is 8.69. The van der Waals surface area contributed by atoms with Gasteiger partial charge in [-0.15, -0.1) is 23.2 Å². The summed E-state index contributed by atoms with van der Waals surface area (Å²) in [6.45, 7) is 11.0. The number of halogens is 3. The average molecular weight is 453 g/mol.